The maximum atomic E-state index is 11.1. The smallest absolute Gasteiger partial charge is 0.332 e. The Labute approximate surface area is 110 Å². The van der Waals surface area contributed by atoms with Crippen LogP contribution in [0.1, 0.15) is 13.8 Å². The molecule has 0 saturated heterocycles. The third kappa shape index (κ3) is 3.82. The lowest BCUT2D eigenvalue weighted by molar-refractivity contribution is -0.155. The number of carbonyl (C=O) groups is 1. The van der Waals surface area contributed by atoms with Crippen molar-refractivity contribution in [3.63, 3.8) is 0 Å². The van der Waals surface area contributed by atoms with Crippen molar-refractivity contribution < 1.29 is 14.0 Å². The van der Waals surface area contributed by atoms with E-state index in [0.29, 0.717) is 0 Å². The molecule has 0 amide bonds. The zero-order valence-electron chi connectivity index (χ0n) is 11.2. The van der Waals surface area contributed by atoms with Crippen molar-refractivity contribution in [1.29, 1.82) is 0 Å². The van der Waals surface area contributed by atoms with Gasteiger partial charge in [-0.05, 0) is 24.7 Å². The number of hydrogen-bond donors (Lipinski definition) is 0. The monoisotopic (exact) mass is 264 g/mol. The fraction of sp³-hybridized carbons (Fsp3) is 0.357. The Morgan fingerprint density at radius 2 is 2.06 bits per heavy atom. The summed E-state index contributed by atoms with van der Waals surface area (Å²) in [5.41, 5.74) is 0. The lowest BCUT2D eigenvalue weighted by atomic mass is 10.4. The number of benzene rings is 1. The van der Waals surface area contributed by atoms with Crippen LogP contribution in [0.15, 0.2) is 43.0 Å². The van der Waals surface area contributed by atoms with Crippen LogP contribution in [-0.4, -0.2) is 20.6 Å². The number of ether oxygens (including phenoxy) is 1. The second kappa shape index (κ2) is 6.52. The van der Waals surface area contributed by atoms with Gasteiger partial charge in [-0.3, -0.25) is 0 Å². The number of esters is 1. The first kappa shape index (κ1) is 14.7. The molecule has 0 heterocycles. The standard InChI is InChI=1S/C14H20O3Si/c1-5-14(15)16-12(3)17-18(4,6-2)13-10-8-7-9-11-13/h5,7-12H,1,6H2,2-4H3. The SMILES string of the molecule is C=CC(=O)OC(C)O[Si](C)(CC)c1ccccc1. The highest BCUT2D eigenvalue weighted by Gasteiger charge is 2.32. The van der Waals surface area contributed by atoms with Crippen molar-refractivity contribution in [2.45, 2.75) is 32.7 Å². The molecule has 0 bridgehead atoms. The highest BCUT2D eigenvalue weighted by atomic mass is 28.4. The number of rotatable bonds is 6. The molecule has 1 rings (SSSR count). The minimum Gasteiger partial charge on any atom is -0.434 e. The van der Waals surface area contributed by atoms with Crippen molar-refractivity contribution in [3.05, 3.63) is 43.0 Å². The molecule has 0 saturated carbocycles. The van der Waals surface area contributed by atoms with Crippen LogP contribution in [0.25, 0.3) is 0 Å². The van der Waals surface area contributed by atoms with Gasteiger partial charge in [-0.1, -0.05) is 43.8 Å². The first-order valence-electron chi connectivity index (χ1n) is 6.08. The van der Waals surface area contributed by atoms with E-state index in [-0.39, 0.29) is 0 Å². The Kier molecular flexibility index (Phi) is 5.31. The highest BCUT2D eigenvalue weighted by Crippen LogP contribution is 2.15. The van der Waals surface area contributed by atoms with Gasteiger partial charge in [0.15, 0.2) is 6.29 Å². The summed E-state index contributed by atoms with van der Waals surface area (Å²) in [7, 11) is -2.05. The third-order valence-electron chi connectivity index (χ3n) is 2.93. The lowest BCUT2D eigenvalue weighted by Gasteiger charge is -2.29. The molecular weight excluding hydrogens is 244 g/mol. The van der Waals surface area contributed by atoms with Gasteiger partial charge >= 0.3 is 5.97 Å². The van der Waals surface area contributed by atoms with E-state index in [0.717, 1.165) is 12.1 Å². The van der Waals surface area contributed by atoms with Crippen LogP contribution < -0.4 is 5.19 Å². The normalized spacial score (nSPS) is 15.5. The largest absolute Gasteiger partial charge is 0.434 e. The van der Waals surface area contributed by atoms with Gasteiger partial charge in [0, 0.05) is 6.08 Å². The van der Waals surface area contributed by atoms with Gasteiger partial charge < -0.3 is 9.16 Å². The summed E-state index contributed by atoms with van der Waals surface area (Å²) in [6.07, 6.45) is 0.597. The Hall–Kier alpha value is -1.39. The minimum atomic E-state index is -2.05. The van der Waals surface area contributed by atoms with Crippen LogP contribution in [0.4, 0.5) is 0 Å². The molecule has 0 aliphatic rings. The molecule has 0 spiro atoms. The second-order valence-corrected chi connectivity index (χ2v) is 8.26. The molecular formula is C14H20O3Si. The second-order valence-electron chi connectivity index (χ2n) is 4.28. The van der Waals surface area contributed by atoms with Crippen LogP contribution in [0.3, 0.4) is 0 Å². The summed E-state index contributed by atoms with van der Waals surface area (Å²) in [6.45, 7) is 9.34. The Morgan fingerprint density at radius 1 is 1.44 bits per heavy atom. The average Bonchev–Trinajstić information content (AvgIpc) is 2.39. The van der Waals surface area contributed by atoms with E-state index < -0.39 is 20.6 Å². The minimum absolute atomic E-state index is 0.456. The third-order valence-corrected chi connectivity index (χ3v) is 6.69. The molecule has 98 valence electrons. The maximum absolute atomic E-state index is 11.1. The first-order chi connectivity index (χ1) is 8.51. The molecule has 0 fully saturated rings. The van der Waals surface area contributed by atoms with Gasteiger partial charge in [0.25, 0.3) is 0 Å². The summed E-state index contributed by atoms with van der Waals surface area (Å²) >= 11 is 0. The van der Waals surface area contributed by atoms with Crippen LogP contribution >= 0.6 is 0 Å². The van der Waals surface area contributed by atoms with E-state index >= 15 is 0 Å². The van der Waals surface area contributed by atoms with Crippen molar-refractivity contribution in [1.82, 2.24) is 0 Å². The van der Waals surface area contributed by atoms with Gasteiger partial charge in [0.2, 0.25) is 8.32 Å². The van der Waals surface area contributed by atoms with Crippen LogP contribution in [0, 0.1) is 0 Å². The predicted octanol–water partition coefficient (Wildman–Crippen LogP) is 2.58. The Balaban J connectivity index is 2.77. The zero-order valence-corrected chi connectivity index (χ0v) is 12.2. The zero-order chi connectivity index (χ0) is 13.6. The summed E-state index contributed by atoms with van der Waals surface area (Å²) in [5, 5.41) is 1.20. The molecule has 1 aromatic rings. The van der Waals surface area contributed by atoms with Crippen molar-refractivity contribution in [2.75, 3.05) is 0 Å². The van der Waals surface area contributed by atoms with E-state index in [9.17, 15) is 4.79 Å². The molecule has 18 heavy (non-hydrogen) atoms. The summed E-state index contributed by atoms with van der Waals surface area (Å²) in [4.78, 5) is 11.1. The molecule has 0 aliphatic carbocycles. The van der Waals surface area contributed by atoms with Gasteiger partial charge in [-0.2, -0.15) is 0 Å². The molecule has 2 unspecified atom stereocenters. The fourth-order valence-electron chi connectivity index (χ4n) is 1.75. The van der Waals surface area contributed by atoms with Crippen molar-refractivity contribution in [2.24, 2.45) is 0 Å². The number of hydrogen-bond acceptors (Lipinski definition) is 3. The highest BCUT2D eigenvalue weighted by molar-refractivity contribution is 6.85. The molecule has 3 nitrogen and oxygen atoms in total. The van der Waals surface area contributed by atoms with Gasteiger partial charge in [0.1, 0.15) is 0 Å². The number of carbonyl (C=O) groups excluding carboxylic acids is 1. The van der Waals surface area contributed by atoms with E-state index in [1.54, 1.807) is 6.92 Å². The first-order valence-corrected chi connectivity index (χ1v) is 8.69. The van der Waals surface area contributed by atoms with E-state index in [4.69, 9.17) is 9.16 Å². The molecule has 2 atom stereocenters. The van der Waals surface area contributed by atoms with Crippen LogP contribution in [0.2, 0.25) is 12.6 Å². The topological polar surface area (TPSA) is 35.5 Å². The van der Waals surface area contributed by atoms with Gasteiger partial charge in [-0.25, -0.2) is 4.79 Å². The Morgan fingerprint density at radius 3 is 2.56 bits per heavy atom. The quantitative estimate of drug-likeness (QED) is 0.343. The predicted molar refractivity (Wildman–Crippen MR) is 75.0 cm³/mol. The molecule has 0 aliphatic heterocycles. The van der Waals surface area contributed by atoms with E-state index in [2.05, 4.69) is 32.2 Å². The molecule has 0 N–H and O–H groups in total. The molecule has 0 aromatic heterocycles. The molecule has 0 radical (unpaired) electrons. The van der Waals surface area contributed by atoms with Crippen molar-refractivity contribution in [3.8, 4) is 0 Å². The summed E-state index contributed by atoms with van der Waals surface area (Å²) in [5.74, 6) is -0.456. The average molecular weight is 264 g/mol. The maximum Gasteiger partial charge on any atom is 0.332 e. The lowest BCUT2D eigenvalue weighted by Crippen LogP contribution is -2.49. The van der Waals surface area contributed by atoms with Gasteiger partial charge in [-0.15, -0.1) is 0 Å². The molecule has 1 aromatic carbocycles. The van der Waals surface area contributed by atoms with E-state index in [1.807, 2.05) is 18.2 Å². The summed E-state index contributed by atoms with van der Waals surface area (Å²) < 4.78 is 11.1. The Bertz CT molecular complexity index is 405. The summed E-state index contributed by atoms with van der Waals surface area (Å²) in [6, 6.07) is 11.0. The van der Waals surface area contributed by atoms with Crippen LogP contribution in [-0.2, 0) is 14.0 Å². The van der Waals surface area contributed by atoms with Crippen molar-refractivity contribution >= 4 is 19.5 Å². The van der Waals surface area contributed by atoms with Gasteiger partial charge in [0.05, 0.1) is 0 Å². The molecule has 4 heteroatoms. The van der Waals surface area contributed by atoms with Crippen LogP contribution in [0.5, 0.6) is 0 Å². The fourth-order valence-corrected chi connectivity index (χ4v) is 4.14. The van der Waals surface area contributed by atoms with E-state index in [1.165, 1.54) is 5.19 Å².